The average Bonchev–Trinajstić information content (AvgIpc) is 3.25. The first-order chi connectivity index (χ1) is 17.3. The highest BCUT2D eigenvalue weighted by molar-refractivity contribution is 7.90. The fourth-order valence-electron chi connectivity index (χ4n) is 5.94. The number of unbranched alkanes of at least 4 members (excludes halogenated alkanes) is 1. The van der Waals surface area contributed by atoms with Crippen molar-refractivity contribution in [1.29, 1.82) is 0 Å². The van der Waals surface area contributed by atoms with Gasteiger partial charge in [0.15, 0.2) is 9.84 Å². The monoisotopic (exact) mass is 512 g/mol. The Kier molecular flexibility index (Phi) is 8.73. The van der Waals surface area contributed by atoms with E-state index in [1.165, 1.54) is 24.8 Å². The van der Waals surface area contributed by atoms with Crippen molar-refractivity contribution < 1.29 is 18.3 Å². The Morgan fingerprint density at radius 2 is 1.81 bits per heavy atom. The van der Waals surface area contributed by atoms with Crippen LogP contribution in [-0.2, 0) is 21.2 Å². The molecular formula is C29H40N2O4S. The van der Waals surface area contributed by atoms with Crippen LogP contribution in [0.2, 0.25) is 0 Å². The summed E-state index contributed by atoms with van der Waals surface area (Å²) in [5.41, 5.74) is 1.67. The molecule has 1 aliphatic heterocycles. The van der Waals surface area contributed by atoms with E-state index in [0.717, 1.165) is 56.9 Å². The molecule has 0 aromatic heterocycles. The zero-order valence-corrected chi connectivity index (χ0v) is 22.3. The predicted octanol–water partition coefficient (Wildman–Crippen LogP) is 5.37. The molecule has 1 saturated carbocycles. The van der Waals surface area contributed by atoms with Gasteiger partial charge < -0.3 is 15.3 Å². The number of likely N-dealkylation sites (tertiary alicyclic amines) is 1. The van der Waals surface area contributed by atoms with Gasteiger partial charge in [-0.05, 0) is 49.4 Å². The molecule has 0 radical (unpaired) electrons. The Bertz CT molecular complexity index is 1130. The number of carbonyl (C=O) groups is 1. The van der Waals surface area contributed by atoms with E-state index in [1.54, 1.807) is 6.07 Å². The van der Waals surface area contributed by atoms with Crippen molar-refractivity contribution in [3.05, 3.63) is 59.7 Å². The first-order valence-electron chi connectivity index (χ1n) is 13.4. The van der Waals surface area contributed by atoms with Gasteiger partial charge in [-0.25, -0.2) is 8.42 Å². The molecule has 2 N–H and O–H groups in total. The van der Waals surface area contributed by atoms with Gasteiger partial charge in [-0.1, -0.05) is 69.4 Å². The molecule has 3 unspecified atom stereocenters. The number of nitrogens with one attached hydrogen (secondary N) is 1. The van der Waals surface area contributed by atoms with E-state index in [4.69, 9.17) is 0 Å². The van der Waals surface area contributed by atoms with E-state index in [9.17, 15) is 18.3 Å². The number of hydrogen-bond donors (Lipinski definition) is 2. The van der Waals surface area contributed by atoms with Crippen molar-refractivity contribution >= 4 is 15.7 Å². The average molecular weight is 513 g/mol. The fraction of sp³-hybridized carbons (Fsp3) is 0.552. The number of benzene rings is 2. The van der Waals surface area contributed by atoms with E-state index in [2.05, 4.69) is 29.3 Å². The van der Waals surface area contributed by atoms with Crippen molar-refractivity contribution in [2.45, 2.75) is 94.3 Å². The Hall–Kier alpha value is -2.38. The SMILES string of the molecule is CCCCC1CC(NCc2cc(S(C)(=O)=O)ccc2O)C(c2ccccc2)N1C(=O)C1CCCCC1. The van der Waals surface area contributed by atoms with E-state index in [0.29, 0.717) is 12.1 Å². The number of hydrogen-bond acceptors (Lipinski definition) is 5. The summed E-state index contributed by atoms with van der Waals surface area (Å²) < 4.78 is 24.1. The lowest BCUT2D eigenvalue weighted by atomic mass is 9.87. The van der Waals surface area contributed by atoms with Gasteiger partial charge >= 0.3 is 0 Å². The lowest BCUT2D eigenvalue weighted by Crippen LogP contribution is -2.44. The zero-order valence-electron chi connectivity index (χ0n) is 21.5. The highest BCUT2D eigenvalue weighted by atomic mass is 32.2. The summed E-state index contributed by atoms with van der Waals surface area (Å²) in [6, 6.07) is 14.7. The molecule has 2 aliphatic rings. The minimum atomic E-state index is -3.38. The van der Waals surface area contributed by atoms with Gasteiger partial charge in [-0.2, -0.15) is 0 Å². The van der Waals surface area contributed by atoms with Crippen LogP contribution in [-0.4, -0.2) is 42.7 Å². The van der Waals surface area contributed by atoms with Crippen molar-refractivity contribution in [3.8, 4) is 5.75 Å². The van der Waals surface area contributed by atoms with Crippen LogP contribution in [0.4, 0.5) is 0 Å². The van der Waals surface area contributed by atoms with Crippen LogP contribution < -0.4 is 5.32 Å². The summed E-state index contributed by atoms with van der Waals surface area (Å²) in [6.07, 6.45) is 10.6. The molecule has 36 heavy (non-hydrogen) atoms. The molecule has 196 valence electrons. The number of carbonyl (C=O) groups excluding carboxylic acids is 1. The van der Waals surface area contributed by atoms with Crippen LogP contribution in [0, 0.1) is 5.92 Å². The summed E-state index contributed by atoms with van der Waals surface area (Å²) >= 11 is 0. The molecule has 2 aromatic carbocycles. The number of phenols is 1. The van der Waals surface area contributed by atoms with Crippen molar-refractivity contribution in [3.63, 3.8) is 0 Å². The maximum atomic E-state index is 14.0. The molecule has 2 aromatic rings. The molecule has 1 saturated heterocycles. The summed E-state index contributed by atoms with van der Waals surface area (Å²) in [5, 5.41) is 14.0. The topological polar surface area (TPSA) is 86.7 Å². The molecule has 2 fully saturated rings. The Morgan fingerprint density at radius 3 is 2.47 bits per heavy atom. The standard InChI is InChI=1S/C29H40N2O4S/c1-3-4-15-24-19-26(30-20-23-18-25(36(2,34)35)16-17-27(23)32)28(21-11-7-5-8-12-21)31(24)29(33)22-13-9-6-10-14-22/h5,7-8,11-12,16-18,22,24,26,28,30,32H,3-4,6,9-10,13-15,19-20H2,1-2H3. The zero-order chi connectivity index (χ0) is 25.7. The van der Waals surface area contributed by atoms with Crippen molar-refractivity contribution in [1.82, 2.24) is 10.2 Å². The fourth-order valence-corrected chi connectivity index (χ4v) is 6.62. The number of amides is 1. The first kappa shape index (κ1) is 26.7. The van der Waals surface area contributed by atoms with Crippen molar-refractivity contribution in [2.75, 3.05) is 6.26 Å². The third-order valence-corrected chi connectivity index (χ3v) is 8.99. The minimum Gasteiger partial charge on any atom is -0.508 e. The maximum Gasteiger partial charge on any atom is 0.226 e. The van der Waals surface area contributed by atoms with E-state index < -0.39 is 9.84 Å². The molecule has 0 spiro atoms. The van der Waals surface area contributed by atoms with E-state index in [-0.39, 0.29) is 40.6 Å². The van der Waals surface area contributed by atoms with Crippen LogP contribution >= 0.6 is 0 Å². The van der Waals surface area contributed by atoms with Gasteiger partial charge in [0.05, 0.1) is 10.9 Å². The lowest BCUT2D eigenvalue weighted by Gasteiger charge is -2.36. The van der Waals surface area contributed by atoms with Gasteiger partial charge in [0.2, 0.25) is 5.91 Å². The molecule has 1 heterocycles. The van der Waals surface area contributed by atoms with Crippen LogP contribution in [0.15, 0.2) is 53.4 Å². The Balaban J connectivity index is 1.64. The molecule has 6 nitrogen and oxygen atoms in total. The Labute approximate surface area is 216 Å². The molecule has 0 bridgehead atoms. The first-order valence-corrected chi connectivity index (χ1v) is 15.3. The van der Waals surface area contributed by atoms with Gasteiger partial charge in [0, 0.05) is 36.4 Å². The van der Waals surface area contributed by atoms with Gasteiger partial charge in [0.25, 0.3) is 0 Å². The van der Waals surface area contributed by atoms with E-state index in [1.807, 2.05) is 18.2 Å². The Morgan fingerprint density at radius 1 is 1.08 bits per heavy atom. The maximum absolute atomic E-state index is 14.0. The van der Waals surface area contributed by atoms with Crippen molar-refractivity contribution in [2.24, 2.45) is 5.92 Å². The molecule has 4 rings (SSSR count). The summed E-state index contributed by atoms with van der Waals surface area (Å²) in [7, 11) is -3.38. The molecule has 7 heteroatoms. The van der Waals surface area contributed by atoms with Crippen LogP contribution in [0.1, 0.15) is 81.9 Å². The van der Waals surface area contributed by atoms with Crippen LogP contribution in [0.3, 0.4) is 0 Å². The highest BCUT2D eigenvalue weighted by Crippen LogP contribution is 2.41. The van der Waals surface area contributed by atoms with Gasteiger partial charge in [0.1, 0.15) is 5.75 Å². The highest BCUT2D eigenvalue weighted by Gasteiger charge is 2.45. The van der Waals surface area contributed by atoms with Gasteiger partial charge in [-0.15, -0.1) is 0 Å². The summed E-state index contributed by atoms with van der Waals surface area (Å²) in [6.45, 7) is 2.51. The molecule has 1 aliphatic carbocycles. The number of aromatic hydroxyl groups is 1. The second-order valence-electron chi connectivity index (χ2n) is 10.5. The summed E-state index contributed by atoms with van der Waals surface area (Å²) in [4.78, 5) is 16.4. The lowest BCUT2D eigenvalue weighted by molar-refractivity contribution is -0.140. The number of rotatable bonds is 9. The smallest absolute Gasteiger partial charge is 0.226 e. The third-order valence-electron chi connectivity index (χ3n) is 7.87. The molecule has 3 atom stereocenters. The third kappa shape index (κ3) is 6.12. The molecular weight excluding hydrogens is 472 g/mol. The van der Waals surface area contributed by atoms with Gasteiger partial charge in [-0.3, -0.25) is 4.79 Å². The second kappa shape index (κ2) is 11.8. The second-order valence-corrected chi connectivity index (χ2v) is 12.5. The summed E-state index contributed by atoms with van der Waals surface area (Å²) in [5.74, 6) is 0.459. The van der Waals surface area contributed by atoms with Crippen LogP contribution in [0.25, 0.3) is 0 Å². The quantitative estimate of drug-likeness (QED) is 0.472. The minimum absolute atomic E-state index is 0.00286. The number of phenolic OH excluding ortho intramolecular Hbond substituents is 1. The largest absolute Gasteiger partial charge is 0.508 e. The predicted molar refractivity (Wildman–Crippen MR) is 142 cm³/mol. The van der Waals surface area contributed by atoms with E-state index >= 15 is 0 Å². The normalized spacial score (nSPS) is 23.2. The number of nitrogens with zero attached hydrogens (tertiary/aromatic N) is 1. The molecule has 1 amide bonds. The van der Waals surface area contributed by atoms with Crippen LogP contribution in [0.5, 0.6) is 5.75 Å². The number of sulfone groups is 1.